The Bertz CT molecular complexity index is 1210. The topological polar surface area (TPSA) is 251 Å². The van der Waals surface area contributed by atoms with Gasteiger partial charge in [-0.05, 0) is 31.0 Å². The molecule has 15 heteroatoms. The Kier molecular flexibility index (Phi) is 6.07. The molecule has 182 valence electrons. The monoisotopic (exact) mass is 475 g/mol. The molecule has 0 radical (unpaired) electrons. The molecule has 0 aliphatic heterocycles. The lowest BCUT2D eigenvalue weighted by Crippen LogP contribution is -2.56. The van der Waals surface area contributed by atoms with Crippen molar-refractivity contribution in [2.75, 3.05) is 10.6 Å². The van der Waals surface area contributed by atoms with Crippen LogP contribution in [0.4, 0.5) is 17.5 Å². The largest absolute Gasteiger partial charge is 0.364 e. The van der Waals surface area contributed by atoms with Crippen molar-refractivity contribution in [2.24, 2.45) is 11.5 Å². The van der Waals surface area contributed by atoms with Crippen LogP contribution in [0.15, 0.2) is 24.4 Å². The van der Waals surface area contributed by atoms with Gasteiger partial charge >= 0.3 is 11.9 Å². The van der Waals surface area contributed by atoms with Gasteiger partial charge in [-0.15, -0.1) is 10.2 Å². The van der Waals surface area contributed by atoms with E-state index >= 15 is 0 Å². The molecule has 34 heavy (non-hydrogen) atoms. The van der Waals surface area contributed by atoms with E-state index in [2.05, 4.69) is 30.9 Å². The summed E-state index contributed by atoms with van der Waals surface area (Å²) in [6.07, 6.45) is 4.98. The maximum Gasteiger partial charge on any atom is 0.357 e. The normalized spacial score (nSPS) is 19.2. The van der Waals surface area contributed by atoms with Crippen LogP contribution >= 0.6 is 0 Å². The molecular weight excluding hydrogens is 450 g/mol. The summed E-state index contributed by atoms with van der Waals surface area (Å²) >= 11 is 0. The third-order valence-electron chi connectivity index (χ3n) is 5.63. The van der Waals surface area contributed by atoms with Crippen LogP contribution in [0, 0.1) is 0 Å². The number of benzene rings is 1. The van der Waals surface area contributed by atoms with E-state index in [9.17, 15) is 30.3 Å². The van der Waals surface area contributed by atoms with E-state index in [-0.39, 0.29) is 35.1 Å². The molecule has 0 bridgehead atoms. The van der Waals surface area contributed by atoms with E-state index in [0.29, 0.717) is 15.8 Å². The predicted molar refractivity (Wildman–Crippen MR) is 117 cm³/mol. The van der Waals surface area contributed by atoms with Crippen LogP contribution in [0.3, 0.4) is 0 Å². The second kappa shape index (κ2) is 8.71. The van der Waals surface area contributed by atoms with Crippen molar-refractivity contribution in [1.82, 2.24) is 25.0 Å². The molecule has 4 rings (SSSR count). The number of hydrogen-bond acceptors (Lipinski definition) is 13. The molecule has 15 nitrogen and oxygen atoms in total. The summed E-state index contributed by atoms with van der Waals surface area (Å²) in [6.45, 7) is 0. The van der Waals surface area contributed by atoms with Crippen molar-refractivity contribution in [2.45, 2.75) is 49.7 Å². The zero-order valence-corrected chi connectivity index (χ0v) is 17.8. The Balaban J connectivity index is 1.63. The van der Waals surface area contributed by atoms with Crippen LogP contribution in [0.1, 0.15) is 36.2 Å². The van der Waals surface area contributed by atoms with Crippen molar-refractivity contribution in [1.29, 1.82) is 0 Å². The maximum absolute atomic E-state index is 11.8. The van der Waals surface area contributed by atoms with Crippen LogP contribution < -0.4 is 22.1 Å². The second-order valence-electron chi connectivity index (χ2n) is 8.12. The molecule has 2 aromatic heterocycles. The summed E-state index contributed by atoms with van der Waals surface area (Å²) < 4.78 is 0.419. The molecule has 1 saturated carbocycles. The summed E-state index contributed by atoms with van der Waals surface area (Å²) in [4.78, 5) is 16.2. The van der Waals surface area contributed by atoms with Gasteiger partial charge in [0.25, 0.3) is 5.91 Å². The summed E-state index contributed by atoms with van der Waals surface area (Å²) in [5, 5.41) is 65.3. The zero-order chi connectivity index (χ0) is 24.7. The number of anilines is 3. The Morgan fingerprint density at radius 1 is 1.12 bits per heavy atom. The first-order chi connectivity index (χ1) is 16.0. The maximum atomic E-state index is 11.8. The van der Waals surface area contributed by atoms with Gasteiger partial charge in [-0.2, -0.15) is 10.1 Å². The fraction of sp³-hybridized carbons (Fsp3) is 0.421. The highest BCUT2D eigenvalue weighted by atomic mass is 16.7. The molecule has 2 heterocycles. The Morgan fingerprint density at radius 2 is 1.85 bits per heavy atom. The zero-order valence-electron chi connectivity index (χ0n) is 17.8. The molecule has 1 aromatic carbocycles. The predicted octanol–water partition coefficient (Wildman–Crippen LogP) is -2.03. The first kappa shape index (κ1) is 23.7. The molecule has 11 N–H and O–H groups in total. The molecule has 1 amide bonds. The Labute approximate surface area is 192 Å². The van der Waals surface area contributed by atoms with Crippen molar-refractivity contribution < 1.29 is 30.3 Å². The summed E-state index contributed by atoms with van der Waals surface area (Å²) in [5.41, 5.74) is 11.8. The summed E-state index contributed by atoms with van der Waals surface area (Å²) in [5.74, 6) is -8.07. The highest BCUT2D eigenvalue weighted by Gasteiger charge is 2.50. The minimum absolute atomic E-state index is 0.0277. The van der Waals surface area contributed by atoms with E-state index in [4.69, 9.17) is 11.5 Å². The van der Waals surface area contributed by atoms with Gasteiger partial charge in [0.2, 0.25) is 5.95 Å². The van der Waals surface area contributed by atoms with Crippen LogP contribution in [0.25, 0.3) is 10.9 Å². The molecule has 2 atom stereocenters. The number of aromatic nitrogens is 5. The second-order valence-corrected chi connectivity index (χ2v) is 8.12. The number of fused-ring (bicyclic) bond motifs is 1. The average molecular weight is 475 g/mol. The minimum atomic E-state index is -3.88. The minimum Gasteiger partial charge on any atom is -0.364 e. The lowest BCUT2D eigenvalue weighted by Gasteiger charge is -2.30. The molecule has 0 spiro atoms. The Morgan fingerprint density at radius 3 is 2.53 bits per heavy atom. The van der Waals surface area contributed by atoms with Gasteiger partial charge < -0.3 is 47.6 Å². The fourth-order valence-electron chi connectivity index (χ4n) is 3.78. The molecule has 3 aromatic rings. The standard InChI is InChI=1S/C19H25N9O6/c20-11-3-1-2-4-12(11)24-17-25-16(14(15(21)29)26-27-17)23-10-5-6-13-9(7-10)8-22-28(13)18(30,31)19(32,33)34/h5-8,11-12,30-34H,1-4,20H2,(H2,21,29)(H2,23,24,25,27)/t11-,12+/m0/s1. The molecule has 0 unspecified atom stereocenters. The van der Waals surface area contributed by atoms with E-state index in [1.165, 1.54) is 24.4 Å². The van der Waals surface area contributed by atoms with E-state index in [1.807, 2.05) is 0 Å². The van der Waals surface area contributed by atoms with Crippen molar-refractivity contribution in [3.05, 3.63) is 30.1 Å². The van der Waals surface area contributed by atoms with Gasteiger partial charge in [0.05, 0.1) is 11.7 Å². The molecule has 1 aliphatic carbocycles. The van der Waals surface area contributed by atoms with Crippen molar-refractivity contribution >= 4 is 34.3 Å². The molecule has 1 fully saturated rings. The van der Waals surface area contributed by atoms with Crippen molar-refractivity contribution in [3.63, 3.8) is 0 Å². The number of aliphatic hydroxyl groups is 5. The molecule has 1 aliphatic rings. The third-order valence-corrected chi connectivity index (χ3v) is 5.63. The number of nitrogens with zero attached hydrogens (tertiary/aromatic N) is 5. The van der Waals surface area contributed by atoms with Gasteiger partial charge in [0.1, 0.15) is 0 Å². The van der Waals surface area contributed by atoms with Gasteiger partial charge in [0, 0.05) is 23.2 Å². The average Bonchev–Trinajstić information content (AvgIpc) is 3.18. The van der Waals surface area contributed by atoms with Crippen LogP contribution in [-0.2, 0) is 5.91 Å². The Hall–Kier alpha value is -3.47. The highest BCUT2D eigenvalue weighted by Crippen LogP contribution is 2.28. The molecular formula is C19H25N9O6. The lowest BCUT2D eigenvalue weighted by atomic mass is 9.91. The SMILES string of the molecule is NC(=O)c1nnc(N[C@@H]2CCCC[C@@H]2N)nc1Nc1ccc2c(cnn2C(O)(O)C(O)(O)O)c1. The highest BCUT2D eigenvalue weighted by molar-refractivity contribution is 5.96. The van der Waals surface area contributed by atoms with E-state index in [1.54, 1.807) is 0 Å². The first-order valence-electron chi connectivity index (χ1n) is 10.4. The van der Waals surface area contributed by atoms with Gasteiger partial charge in [-0.1, -0.05) is 12.8 Å². The van der Waals surface area contributed by atoms with Crippen molar-refractivity contribution in [3.8, 4) is 0 Å². The first-order valence-corrected chi connectivity index (χ1v) is 10.4. The number of carbonyl (C=O) groups is 1. The van der Waals surface area contributed by atoms with E-state index in [0.717, 1.165) is 25.7 Å². The van der Waals surface area contributed by atoms with Gasteiger partial charge in [-0.25, -0.2) is 4.68 Å². The van der Waals surface area contributed by atoms with Crippen LogP contribution in [0.5, 0.6) is 0 Å². The number of nitrogens with two attached hydrogens (primary N) is 2. The quantitative estimate of drug-likeness (QED) is 0.167. The third kappa shape index (κ3) is 4.47. The van der Waals surface area contributed by atoms with E-state index < -0.39 is 17.8 Å². The number of primary amides is 1. The number of nitrogens with one attached hydrogen (secondary N) is 2. The van der Waals surface area contributed by atoms with Crippen LogP contribution in [0.2, 0.25) is 0 Å². The van der Waals surface area contributed by atoms with Gasteiger partial charge in [0.15, 0.2) is 11.5 Å². The fourth-order valence-corrected chi connectivity index (χ4v) is 3.78. The lowest BCUT2D eigenvalue weighted by molar-refractivity contribution is -0.482. The number of carbonyl (C=O) groups excluding carboxylic acids is 1. The summed E-state index contributed by atoms with van der Waals surface area (Å²) in [6, 6.07) is 4.21. The number of hydrogen-bond donors (Lipinski definition) is 9. The molecule has 0 saturated heterocycles. The number of rotatable bonds is 7. The van der Waals surface area contributed by atoms with Crippen LogP contribution in [-0.4, -0.2) is 74.5 Å². The summed E-state index contributed by atoms with van der Waals surface area (Å²) in [7, 11) is 0. The number of amides is 1. The van der Waals surface area contributed by atoms with Gasteiger partial charge in [-0.3, -0.25) is 4.79 Å². The smallest absolute Gasteiger partial charge is 0.357 e.